The molecule has 18 heavy (non-hydrogen) atoms. The summed E-state index contributed by atoms with van der Waals surface area (Å²) in [5.74, 6) is -0.0411. The molecule has 1 aromatic carbocycles. The minimum atomic E-state index is -0.0411. The number of hydrogen-bond acceptors (Lipinski definition) is 3. The van der Waals surface area contributed by atoms with E-state index in [0.717, 1.165) is 5.69 Å². The number of carbonyl (C=O) groups excluding carboxylic acids is 1. The lowest BCUT2D eigenvalue weighted by atomic mass is 10.2. The van der Waals surface area contributed by atoms with Crippen LogP contribution in [0.1, 0.15) is 16.1 Å². The lowest BCUT2D eigenvalue weighted by Gasteiger charge is -2.16. The predicted molar refractivity (Wildman–Crippen MR) is 70.9 cm³/mol. The second-order valence-corrected chi connectivity index (χ2v) is 4.10. The molecule has 1 amide bonds. The fraction of sp³-hybridized carbons (Fsp3) is 0.143. The second-order valence-electron chi connectivity index (χ2n) is 4.10. The van der Waals surface area contributed by atoms with Crippen LogP contribution >= 0.6 is 0 Å². The Hall–Kier alpha value is -2.36. The Labute approximate surface area is 106 Å². The molecule has 1 aromatic heterocycles. The summed E-state index contributed by atoms with van der Waals surface area (Å²) in [7, 11) is 1.76. The summed E-state index contributed by atoms with van der Waals surface area (Å²) in [6.07, 6.45) is 1.72. The van der Waals surface area contributed by atoms with Crippen molar-refractivity contribution in [2.75, 3.05) is 12.8 Å². The van der Waals surface area contributed by atoms with E-state index in [0.29, 0.717) is 17.8 Å². The van der Waals surface area contributed by atoms with Crippen molar-refractivity contribution in [1.82, 2.24) is 9.88 Å². The average molecular weight is 241 g/mol. The van der Waals surface area contributed by atoms with Gasteiger partial charge in [-0.2, -0.15) is 0 Å². The maximum atomic E-state index is 12.1. The van der Waals surface area contributed by atoms with E-state index in [1.54, 1.807) is 42.4 Å². The first kappa shape index (κ1) is 12.1. The Morgan fingerprint density at radius 3 is 2.56 bits per heavy atom. The van der Waals surface area contributed by atoms with Gasteiger partial charge in [-0.3, -0.25) is 9.78 Å². The van der Waals surface area contributed by atoms with E-state index in [4.69, 9.17) is 5.73 Å². The molecule has 0 fully saturated rings. The molecule has 0 aliphatic heterocycles. The number of nitrogens with two attached hydrogens (primary N) is 1. The van der Waals surface area contributed by atoms with Crippen molar-refractivity contribution in [2.45, 2.75) is 6.54 Å². The van der Waals surface area contributed by atoms with Crippen LogP contribution < -0.4 is 5.73 Å². The summed E-state index contributed by atoms with van der Waals surface area (Å²) in [5, 5.41) is 0. The van der Waals surface area contributed by atoms with Crippen molar-refractivity contribution in [3.8, 4) is 0 Å². The molecule has 2 N–H and O–H groups in total. The SMILES string of the molecule is CN(Cc1ccccn1)C(=O)c1ccc(N)cc1. The molecule has 0 unspecified atom stereocenters. The van der Waals surface area contributed by atoms with Crippen LogP contribution in [-0.4, -0.2) is 22.8 Å². The van der Waals surface area contributed by atoms with Crippen molar-refractivity contribution in [3.05, 3.63) is 59.9 Å². The van der Waals surface area contributed by atoms with Gasteiger partial charge in [-0.05, 0) is 36.4 Å². The Kier molecular flexibility index (Phi) is 3.57. The molecule has 0 atom stereocenters. The van der Waals surface area contributed by atoms with Crippen molar-refractivity contribution in [3.63, 3.8) is 0 Å². The van der Waals surface area contributed by atoms with E-state index < -0.39 is 0 Å². The van der Waals surface area contributed by atoms with Crippen LogP contribution in [0, 0.1) is 0 Å². The van der Waals surface area contributed by atoms with Crippen LogP contribution in [0.4, 0.5) is 5.69 Å². The van der Waals surface area contributed by atoms with Crippen molar-refractivity contribution in [2.24, 2.45) is 0 Å². The molecular formula is C14H15N3O. The molecular weight excluding hydrogens is 226 g/mol. The fourth-order valence-electron chi connectivity index (χ4n) is 1.65. The number of rotatable bonds is 3. The number of amides is 1. The monoisotopic (exact) mass is 241 g/mol. The first-order valence-electron chi connectivity index (χ1n) is 5.68. The van der Waals surface area contributed by atoms with Gasteiger partial charge in [0.15, 0.2) is 0 Å². The molecule has 0 aliphatic rings. The van der Waals surface area contributed by atoms with Crippen LogP contribution in [0.2, 0.25) is 0 Å². The van der Waals surface area contributed by atoms with Crippen LogP contribution in [0.15, 0.2) is 48.7 Å². The number of benzene rings is 1. The number of pyridine rings is 1. The Morgan fingerprint density at radius 1 is 1.22 bits per heavy atom. The minimum absolute atomic E-state index is 0.0411. The maximum absolute atomic E-state index is 12.1. The highest BCUT2D eigenvalue weighted by Crippen LogP contribution is 2.09. The quantitative estimate of drug-likeness (QED) is 0.835. The van der Waals surface area contributed by atoms with Gasteiger partial charge in [0.25, 0.3) is 5.91 Å². The van der Waals surface area contributed by atoms with Crippen molar-refractivity contribution < 1.29 is 4.79 Å². The van der Waals surface area contributed by atoms with E-state index in [1.165, 1.54) is 0 Å². The number of carbonyl (C=O) groups is 1. The summed E-state index contributed by atoms with van der Waals surface area (Å²) in [4.78, 5) is 17.9. The molecule has 0 bridgehead atoms. The van der Waals surface area contributed by atoms with E-state index in [9.17, 15) is 4.79 Å². The lowest BCUT2D eigenvalue weighted by Crippen LogP contribution is -2.26. The lowest BCUT2D eigenvalue weighted by molar-refractivity contribution is 0.0783. The zero-order valence-electron chi connectivity index (χ0n) is 10.2. The van der Waals surface area contributed by atoms with Crippen LogP contribution in [0.5, 0.6) is 0 Å². The highest BCUT2D eigenvalue weighted by atomic mass is 16.2. The number of hydrogen-bond donors (Lipinski definition) is 1. The molecule has 4 heteroatoms. The smallest absolute Gasteiger partial charge is 0.253 e. The molecule has 2 aromatic rings. The van der Waals surface area contributed by atoms with E-state index >= 15 is 0 Å². The normalized spacial score (nSPS) is 10.1. The average Bonchev–Trinajstić information content (AvgIpc) is 2.40. The largest absolute Gasteiger partial charge is 0.399 e. The van der Waals surface area contributed by atoms with Gasteiger partial charge in [0.1, 0.15) is 0 Å². The van der Waals surface area contributed by atoms with Gasteiger partial charge in [0, 0.05) is 24.5 Å². The third kappa shape index (κ3) is 2.85. The minimum Gasteiger partial charge on any atom is -0.399 e. The topological polar surface area (TPSA) is 59.2 Å². The van der Waals surface area contributed by atoms with E-state index in [1.807, 2.05) is 18.2 Å². The molecule has 2 rings (SSSR count). The first-order valence-corrected chi connectivity index (χ1v) is 5.68. The zero-order valence-corrected chi connectivity index (χ0v) is 10.2. The third-order valence-electron chi connectivity index (χ3n) is 2.63. The zero-order chi connectivity index (χ0) is 13.0. The molecule has 0 saturated carbocycles. The van der Waals surface area contributed by atoms with Gasteiger partial charge < -0.3 is 10.6 Å². The van der Waals surface area contributed by atoms with Crippen LogP contribution in [-0.2, 0) is 6.54 Å². The third-order valence-corrected chi connectivity index (χ3v) is 2.63. The van der Waals surface area contributed by atoms with Gasteiger partial charge in [0.2, 0.25) is 0 Å². The van der Waals surface area contributed by atoms with E-state index in [2.05, 4.69) is 4.98 Å². The van der Waals surface area contributed by atoms with Gasteiger partial charge >= 0.3 is 0 Å². The number of aromatic nitrogens is 1. The van der Waals surface area contributed by atoms with Gasteiger partial charge in [-0.25, -0.2) is 0 Å². The van der Waals surface area contributed by atoms with Crippen LogP contribution in [0.3, 0.4) is 0 Å². The van der Waals surface area contributed by atoms with Gasteiger partial charge in [0.05, 0.1) is 12.2 Å². The Morgan fingerprint density at radius 2 is 1.94 bits per heavy atom. The fourth-order valence-corrected chi connectivity index (χ4v) is 1.65. The Balaban J connectivity index is 2.07. The molecule has 0 radical (unpaired) electrons. The van der Waals surface area contributed by atoms with Crippen LogP contribution in [0.25, 0.3) is 0 Å². The Bertz CT molecular complexity index is 522. The molecule has 0 saturated heterocycles. The highest BCUT2D eigenvalue weighted by molar-refractivity contribution is 5.94. The van der Waals surface area contributed by atoms with Gasteiger partial charge in [-0.15, -0.1) is 0 Å². The molecule has 1 heterocycles. The summed E-state index contributed by atoms with van der Waals surface area (Å²) >= 11 is 0. The summed E-state index contributed by atoms with van der Waals surface area (Å²) in [6.45, 7) is 0.490. The highest BCUT2D eigenvalue weighted by Gasteiger charge is 2.11. The molecule has 0 aliphatic carbocycles. The maximum Gasteiger partial charge on any atom is 0.253 e. The van der Waals surface area contributed by atoms with Crippen molar-refractivity contribution in [1.29, 1.82) is 0 Å². The second kappa shape index (κ2) is 5.31. The molecule has 92 valence electrons. The molecule has 0 spiro atoms. The molecule has 4 nitrogen and oxygen atoms in total. The summed E-state index contributed by atoms with van der Waals surface area (Å²) in [5.41, 5.74) is 7.74. The predicted octanol–water partition coefficient (Wildman–Crippen LogP) is 1.94. The first-order chi connectivity index (χ1) is 8.66. The number of anilines is 1. The standard InChI is InChI=1S/C14H15N3O/c1-17(10-13-4-2-3-9-16-13)14(18)11-5-7-12(15)8-6-11/h2-9H,10,15H2,1H3. The number of nitrogen functional groups attached to an aromatic ring is 1. The summed E-state index contributed by atoms with van der Waals surface area (Å²) in [6, 6.07) is 12.6. The van der Waals surface area contributed by atoms with Gasteiger partial charge in [-0.1, -0.05) is 6.07 Å². The van der Waals surface area contributed by atoms with Crippen molar-refractivity contribution >= 4 is 11.6 Å². The summed E-state index contributed by atoms with van der Waals surface area (Å²) < 4.78 is 0. The number of nitrogens with zero attached hydrogens (tertiary/aromatic N) is 2. The van der Waals surface area contributed by atoms with E-state index in [-0.39, 0.29) is 5.91 Å².